The highest BCUT2D eigenvalue weighted by atomic mass is 16.6. The molecule has 0 fully saturated rings. The Kier molecular flexibility index (Phi) is 6.83. The predicted molar refractivity (Wildman–Crippen MR) is 109 cm³/mol. The van der Waals surface area contributed by atoms with Crippen LogP contribution in [-0.4, -0.2) is 31.8 Å². The molecule has 2 aromatic carbocycles. The van der Waals surface area contributed by atoms with Gasteiger partial charge in [-0.2, -0.15) is 5.10 Å². The van der Waals surface area contributed by atoms with Gasteiger partial charge in [-0.15, -0.1) is 0 Å². The molecule has 1 amide bonds. The van der Waals surface area contributed by atoms with Gasteiger partial charge in [-0.1, -0.05) is 17.7 Å². The van der Waals surface area contributed by atoms with Crippen molar-refractivity contribution in [3.63, 3.8) is 0 Å². The maximum Gasteiger partial charge on any atom is 0.379 e. The number of rotatable bonds is 8. The third-order valence-corrected chi connectivity index (χ3v) is 3.91. The minimum absolute atomic E-state index is 0.0817. The number of carbonyl (C=O) groups excluding carboxylic acids is 2. The number of hydrogen-bond acceptors (Lipinski definition) is 7. The number of hydrogen-bond donors (Lipinski definition) is 1. The summed E-state index contributed by atoms with van der Waals surface area (Å²) >= 11 is 0. The van der Waals surface area contributed by atoms with E-state index in [0.29, 0.717) is 17.1 Å². The average Bonchev–Trinajstić information content (AvgIpc) is 3.29. The summed E-state index contributed by atoms with van der Waals surface area (Å²) in [5, 5.41) is 3.89. The number of amides is 1. The van der Waals surface area contributed by atoms with Gasteiger partial charge in [0, 0.05) is 0 Å². The molecule has 1 aromatic heterocycles. The van der Waals surface area contributed by atoms with Crippen molar-refractivity contribution in [3.05, 3.63) is 77.7 Å². The maximum absolute atomic E-state index is 12.0. The topological polar surface area (TPSA) is 99.4 Å². The molecule has 30 heavy (non-hydrogen) atoms. The van der Waals surface area contributed by atoms with E-state index in [9.17, 15) is 9.59 Å². The summed E-state index contributed by atoms with van der Waals surface area (Å²) in [5.74, 6) is 0.199. The lowest BCUT2D eigenvalue weighted by Crippen LogP contribution is -2.24. The summed E-state index contributed by atoms with van der Waals surface area (Å²) in [5.41, 5.74) is 4.12. The van der Waals surface area contributed by atoms with Crippen molar-refractivity contribution in [1.29, 1.82) is 0 Å². The number of aryl methyl sites for hydroxylation is 1. The molecule has 0 bridgehead atoms. The lowest BCUT2D eigenvalue weighted by molar-refractivity contribution is -0.123. The van der Waals surface area contributed by atoms with Crippen molar-refractivity contribution in [3.8, 4) is 17.2 Å². The number of esters is 1. The Labute approximate surface area is 173 Å². The second-order valence-corrected chi connectivity index (χ2v) is 6.17. The number of benzene rings is 2. The van der Waals surface area contributed by atoms with Gasteiger partial charge >= 0.3 is 5.97 Å². The van der Waals surface area contributed by atoms with Crippen LogP contribution in [0.25, 0.3) is 0 Å². The van der Waals surface area contributed by atoms with Crippen molar-refractivity contribution < 1.29 is 28.2 Å². The normalized spacial score (nSPS) is 10.6. The fourth-order valence-electron chi connectivity index (χ4n) is 2.39. The Bertz CT molecular complexity index is 1030. The number of ether oxygens (including phenoxy) is 3. The molecule has 8 heteroatoms. The summed E-state index contributed by atoms with van der Waals surface area (Å²) in [6.07, 6.45) is 2.82. The van der Waals surface area contributed by atoms with Crippen LogP contribution in [0.3, 0.4) is 0 Å². The van der Waals surface area contributed by atoms with Crippen molar-refractivity contribution in [1.82, 2.24) is 5.43 Å². The molecule has 3 aromatic rings. The molecule has 0 atom stereocenters. The average molecular weight is 408 g/mol. The van der Waals surface area contributed by atoms with Gasteiger partial charge in [0.25, 0.3) is 5.91 Å². The molecule has 1 N–H and O–H groups in total. The van der Waals surface area contributed by atoms with E-state index in [2.05, 4.69) is 10.5 Å². The Hall–Kier alpha value is -4.07. The summed E-state index contributed by atoms with van der Waals surface area (Å²) < 4.78 is 20.9. The molecule has 0 saturated heterocycles. The van der Waals surface area contributed by atoms with Crippen LogP contribution in [0.5, 0.6) is 17.2 Å². The summed E-state index contributed by atoms with van der Waals surface area (Å²) in [7, 11) is 1.45. The fourth-order valence-corrected chi connectivity index (χ4v) is 2.39. The number of carbonyl (C=O) groups is 2. The van der Waals surface area contributed by atoms with Crippen LogP contribution in [0.15, 0.2) is 70.4 Å². The monoisotopic (exact) mass is 408 g/mol. The number of nitrogens with one attached hydrogen (secondary N) is 1. The molecule has 0 saturated carbocycles. The molecule has 0 spiro atoms. The van der Waals surface area contributed by atoms with E-state index in [-0.39, 0.29) is 18.1 Å². The molecule has 0 aliphatic heterocycles. The zero-order chi connectivity index (χ0) is 21.3. The van der Waals surface area contributed by atoms with Crippen LogP contribution >= 0.6 is 0 Å². The molecule has 0 radical (unpaired) electrons. The van der Waals surface area contributed by atoms with Gasteiger partial charge in [-0.25, -0.2) is 10.2 Å². The molecule has 1 heterocycles. The van der Waals surface area contributed by atoms with Crippen LogP contribution < -0.4 is 19.6 Å². The minimum Gasteiger partial charge on any atom is -0.493 e. The van der Waals surface area contributed by atoms with Crippen LogP contribution in [-0.2, 0) is 4.79 Å². The molecule has 0 aliphatic rings. The summed E-state index contributed by atoms with van der Waals surface area (Å²) in [4.78, 5) is 23.8. The van der Waals surface area contributed by atoms with Crippen molar-refractivity contribution in [2.75, 3.05) is 13.7 Å². The Morgan fingerprint density at radius 2 is 1.90 bits per heavy atom. The van der Waals surface area contributed by atoms with Crippen LogP contribution in [0, 0.1) is 6.92 Å². The van der Waals surface area contributed by atoms with Gasteiger partial charge in [0.2, 0.25) is 5.76 Å². The SMILES string of the molecule is COc1cc(C=NNC(=O)COc2ccc(C)cc2)ccc1OC(=O)c1ccco1. The van der Waals surface area contributed by atoms with Crippen molar-refractivity contribution in [2.45, 2.75) is 6.92 Å². The van der Waals surface area contributed by atoms with E-state index >= 15 is 0 Å². The van der Waals surface area contributed by atoms with Gasteiger partial charge in [0.15, 0.2) is 18.1 Å². The van der Waals surface area contributed by atoms with Gasteiger partial charge in [0.1, 0.15) is 5.75 Å². The van der Waals surface area contributed by atoms with Gasteiger partial charge in [-0.05, 0) is 55.0 Å². The number of methoxy groups -OCH3 is 1. The molecule has 0 unspecified atom stereocenters. The number of furan rings is 1. The largest absolute Gasteiger partial charge is 0.493 e. The molecular weight excluding hydrogens is 388 g/mol. The Morgan fingerprint density at radius 3 is 2.60 bits per heavy atom. The van der Waals surface area contributed by atoms with Crippen LogP contribution in [0.2, 0.25) is 0 Å². The quantitative estimate of drug-likeness (QED) is 0.266. The molecule has 0 aliphatic carbocycles. The number of nitrogens with zero attached hydrogens (tertiary/aromatic N) is 1. The van der Waals surface area contributed by atoms with E-state index in [0.717, 1.165) is 5.56 Å². The molecule has 154 valence electrons. The predicted octanol–water partition coefficient (Wildman–Crippen LogP) is 3.34. The zero-order valence-electron chi connectivity index (χ0n) is 16.5. The van der Waals surface area contributed by atoms with E-state index in [4.69, 9.17) is 18.6 Å². The van der Waals surface area contributed by atoms with E-state index in [1.54, 1.807) is 36.4 Å². The second-order valence-electron chi connectivity index (χ2n) is 6.17. The second kappa shape index (κ2) is 9.92. The zero-order valence-corrected chi connectivity index (χ0v) is 16.5. The lowest BCUT2D eigenvalue weighted by atomic mass is 10.2. The maximum atomic E-state index is 12.0. The molecular formula is C22H20N2O6. The minimum atomic E-state index is -0.638. The molecule has 3 rings (SSSR count). The van der Waals surface area contributed by atoms with Crippen molar-refractivity contribution in [2.24, 2.45) is 5.10 Å². The van der Waals surface area contributed by atoms with Gasteiger partial charge in [-0.3, -0.25) is 4.79 Å². The number of hydrazone groups is 1. The highest BCUT2D eigenvalue weighted by molar-refractivity contribution is 5.89. The lowest BCUT2D eigenvalue weighted by Gasteiger charge is -2.09. The highest BCUT2D eigenvalue weighted by Gasteiger charge is 2.14. The Balaban J connectivity index is 1.54. The van der Waals surface area contributed by atoms with E-state index in [1.165, 1.54) is 25.7 Å². The highest BCUT2D eigenvalue weighted by Crippen LogP contribution is 2.28. The first-order valence-corrected chi connectivity index (χ1v) is 9.00. The van der Waals surface area contributed by atoms with Gasteiger partial charge in [0.05, 0.1) is 19.6 Å². The van der Waals surface area contributed by atoms with Gasteiger partial charge < -0.3 is 18.6 Å². The first-order valence-electron chi connectivity index (χ1n) is 9.00. The smallest absolute Gasteiger partial charge is 0.379 e. The first kappa shape index (κ1) is 20.7. The van der Waals surface area contributed by atoms with Crippen LogP contribution in [0.1, 0.15) is 21.7 Å². The third kappa shape index (κ3) is 5.71. The van der Waals surface area contributed by atoms with Crippen molar-refractivity contribution >= 4 is 18.1 Å². The molecule has 8 nitrogen and oxygen atoms in total. The Morgan fingerprint density at radius 1 is 1.10 bits per heavy atom. The summed E-state index contributed by atoms with van der Waals surface area (Å²) in [6.45, 7) is 1.81. The van der Waals surface area contributed by atoms with E-state index < -0.39 is 11.9 Å². The summed E-state index contributed by atoms with van der Waals surface area (Å²) in [6, 6.07) is 15.3. The third-order valence-electron chi connectivity index (χ3n) is 3.91. The fraction of sp³-hybridized carbons (Fsp3) is 0.136. The van der Waals surface area contributed by atoms with E-state index in [1.807, 2.05) is 19.1 Å². The first-order chi connectivity index (χ1) is 14.5. The standard InChI is InChI=1S/C22H20N2O6/c1-15-5-8-17(9-6-15)29-14-21(25)24-23-13-16-7-10-18(20(12-16)27-2)30-22(26)19-4-3-11-28-19/h3-13H,14H2,1-2H3,(H,24,25). The van der Waals surface area contributed by atoms with Crippen LogP contribution in [0.4, 0.5) is 0 Å².